The highest BCUT2D eigenvalue weighted by molar-refractivity contribution is 5.81. The minimum absolute atomic E-state index is 0.0327. The van der Waals surface area contributed by atoms with Crippen LogP contribution in [-0.4, -0.2) is 12.2 Å². The van der Waals surface area contributed by atoms with Crippen LogP contribution in [0.25, 0.3) is 22.3 Å². The van der Waals surface area contributed by atoms with Crippen molar-refractivity contribution in [2.75, 3.05) is 7.11 Å². The number of aromatic hydroxyl groups is 1. The summed E-state index contributed by atoms with van der Waals surface area (Å²) in [6, 6.07) is 10.4. The van der Waals surface area contributed by atoms with E-state index in [1.165, 1.54) is 31.4 Å². The van der Waals surface area contributed by atoms with Crippen molar-refractivity contribution in [2.24, 2.45) is 0 Å². The number of hydrogen-bond donors (Lipinski definition) is 1. The van der Waals surface area contributed by atoms with E-state index in [-0.39, 0.29) is 22.3 Å². The van der Waals surface area contributed by atoms with E-state index in [9.17, 15) is 14.3 Å². The van der Waals surface area contributed by atoms with Gasteiger partial charge in [0.25, 0.3) is 0 Å². The molecule has 5 heteroatoms. The maximum Gasteiger partial charge on any atom is 0.235 e. The van der Waals surface area contributed by atoms with Gasteiger partial charge in [-0.15, -0.1) is 0 Å². The summed E-state index contributed by atoms with van der Waals surface area (Å²) >= 11 is 0. The summed E-state index contributed by atoms with van der Waals surface area (Å²) in [5.74, 6) is -1.07. The maximum atomic E-state index is 14.0. The second kappa shape index (κ2) is 4.94. The third kappa shape index (κ3) is 2.12. The molecule has 1 aromatic heterocycles. The molecule has 2 aromatic carbocycles. The quantitative estimate of drug-likeness (QED) is 0.785. The first kappa shape index (κ1) is 13.2. The lowest BCUT2D eigenvalue weighted by Crippen LogP contribution is -2.03. The van der Waals surface area contributed by atoms with Crippen molar-refractivity contribution in [3.8, 4) is 22.8 Å². The Bertz CT molecular complexity index is 883. The Morgan fingerprint density at radius 2 is 1.95 bits per heavy atom. The number of rotatable bonds is 2. The van der Waals surface area contributed by atoms with Crippen LogP contribution in [0.15, 0.2) is 51.7 Å². The molecule has 0 aliphatic heterocycles. The van der Waals surface area contributed by atoms with E-state index < -0.39 is 17.0 Å². The molecule has 0 aliphatic carbocycles. The predicted molar refractivity (Wildman–Crippen MR) is 76.1 cm³/mol. The molecule has 0 bridgehead atoms. The molecule has 0 atom stereocenters. The van der Waals surface area contributed by atoms with E-state index in [0.29, 0.717) is 5.75 Å². The van der Waals surface area contributed by atoms with Gasteiger partial charge >= 0.3 is 0 Å². The Balaban J connectivity index is 2.35. The summed E-state index contributed by atoms with van der Waals surface area (Å²) < 4.78 is 24.5. The van der Waals surface area contributed by atoms with E-state index in [1.807, 2.05) is 0 Å². The highest BCUT2D eigenvalue weighted by Gasteiger charge is 2.18. The molecule has 1 heterocycles. The van der Waals surface area contributed by atoms with Crippen molar-refractivity contribution < 1.29 is 18.7 Å². The summed E-state index contributed by atoms with van der Waals surface area (Å²) in [7, 11) is 1.44. The van der Waals surface area contributed by atoms with Crippen LogP contribution >= 0.6 is 0 Å². The first-order chi connectivity index (χ1) is 10.1. The van der Waals surface area contributed by atoms with Crippen molar-refractivity contribution in [1.29, 1.82) is 0 Å². The van der Waals surface area contributed by atoms with E-state index in [1.54, 1.807) is 18.2 Å². The van der Waals surface area contributed by atoms with Crippen molar-refractivity contribution in [3.05, 3.63) is 58.5 Å². The monoisotopic (exact) mass is 286 g/mol. The number of methoxy groups -OCH3 is 1. The number of fused-ring (bicyclic) bond motifs is 1. The highest BCUT2D eigenvalue weighted by atomic mass is 19.1. The minimum atomic E-state index is -0.624. The molecule has 3 rings (SSSR count). The molecular formula is C16H11FO4. The maximum absolute atomic E-state index is 14.0. The number of para-hydroxylation sites is 1. The average molecular weight is 286 g/mol. The van der Waals surface area contributed by atoms with Crippen LogP contribution in [0.2, 0.25) is 0 Å². The summed E-state index contributed by atoms with van der Waals surface area (Å²) in [5, 5.41) is 10.3. The fourth-order valence-corrected chi connectivity index (χ4v) is 2.12. The molecular weight excluding hydrogens is 275 g/mol. The highest BCUT2D eigenvalue weighted by Crippen LogP contribution is 2.33. The topological polar surface area (TPSA) is 59.7 Å². The van der Waals surface area contributed by atoms with Crippen LogP contribution < -0.4 is 10.2 Å². The Labute approximate surface area is 119 Å². The predicted octanol–water partition coefficient (Wildman–Crippen LogP) is 3.31. The number of ether oxygens (including phenoxy) is 1. The van der Waals surface area contributed by atoms with Gasteiger partial charge in [-0.2, -0.15) is 0 Å². The summed E-state index contributed by atoms with van der Waals surface area (Å²) in [4.78, 5) is 12.1. The van der Waals surface area contributed by atoms with Crippen LogP contribution in [0.3, 0.4) is 0 Å². The summed E-state index contributed by atoms with van der Waals surface area (Å²) in [6.07, 6.45) is 0. The second-order valence-corrected chi connectivity index (χ2v) is 4.45. The van der Waals surface area contributed by atoms with Gasteiger partial charge in [-0.3, -0.25) is 4.79 Å². The third-order valence-electron chi connectivity index (χ3n) is 3.19. The number of halogens is 1. The van der Waals surface area contributed by atoms with Gasteiger partial charge in [0.15, 0.2) is 5.76 Å². The zero-order chi connectivity index (χ0) is 15.0. The van der Waals surface area contributed by atoms with Gasteiger partial charge in [0, 0.05) is 0 Å². The second-order valence-electron chi connectivity index (χ2n) is 4.45. The minimum Gasteiger partial charge on any atom is -0.502 e. The van der Waals surface area contributed by atoms with Gasteiger partial charge in [-0.25, -0.2) is 4.39 Å². The van der Waals surface area contributed by atoms with E-state index >= 15 is 0 Å². The molecule has 106 valence electrons. The normalized spacial score (nSPS) is 10.8. The zero-order valence-corrected chi connectivity index (χ0v) is 11.1. The lowest BCUT2D eigenvalue weighted by molar-refractivity contribution is 0.413. The molecule has 0 saturated carbocycles. The zero-order valence-electron chi connectivity index (χ0n) is 11.1. The molecule has 0 saturated heterocycles. The molecule has 0 amide bonds. The van der Waals surface area contributed by atoms with Gasteiger partial charge in [0.2, 0.25) is 11.2 Å². The fourth-order valence-electron chi connectivity index (χ4n) is 2.12. The van der Waals surface area contributed by atoms with Gasteiger partial charge in [-0.1, -0.05) is 12.1 Å². The van der Waals surface area contributed by atoms with Crippen molar-refractivity contribution in [3.63, 3.8) is 0 Å². The molecule has 21 heavy (non-hydrogen) atoms. The van der Waals surface area contributed by atoms with Gasteiger partial charge < -0.3 is 14.3 Å². The standard InChI is InChI=1S/C16H11FO4/c1-20-9-6-7-12(17)11(8-9)16-15(19)14(18)10-4-2-3-5-13(10)21-16/h2-8,19H,1H3. The van der Waals surface area contributed by atoms with Gasteiger partial charge in [0.1, 0.15) is 17.1 Å². The molecule has 0 unspecified atom stereocenters. The Morgan fingerprint density at radius 3 is 2.71 bits per heavy atom. The van der Waals surface area contributed by atoms with Crippen LogP contribution in [0, 0.1) is 5.82 Å². The SMILES string of the molecule is COc1ccc(F)c(-c2oc3ccccc3c(=O)c2O)c1. The van der Waals surface area contributed by atoms with E-state index in [2.05, 4.69) is 0 Å². The first-order valence-corrected chi connectivity index (χ1v) is 6.20. The molecule has 4 nitrogen and oxygen atoms in total. The smallest absolute Gasteiger partial charge is 0.235 e. The van der Waals surface area contributed by atoms with Crippen molar-refractivity contribution in [1.82, 2.24) is 0 Å². The molecule has 0 radical (unpaired) electrons. The number of benzene rings is 2. The fraction of sp³-hybridized carbons (Fsp3) is 0.0625. The lowest BCUT2D eigenvalue weighted by Gasteiger charge is -2.08. The lowest BCUT2D eigenvalue weighted by atomic mass is 10.1. The van der Waals surface area contributed by atoms with E-state index in [0.717, 1.165) is 0 Å². The Morgan fingerprint density at radius 1 is 1.19 bits per heavy atom. The van der Waals surface area contributed by atoms with Crippen LogP contribution in [-0.2, 0) is 0 Å². The van der Waals surface area contributed by atoms with Gasteiger partial charge in [-0.05, 0) is 30.3 Å². The van der Waals surface area contributed by atoms with Crippen molar-refractivity contribution >= 4 is 11.0 Å². The van der Waals surface area contributed by atoms with Crippen molar-refractivity contribution in [2.45, 2.75) is 0 Å². The van der Waals surface area contributed by atoms with Crippen LogP contribution in [0.1, 0.15) is 0 Å². The first-order valence-electron chi connectivity index (χ1n) is 6.20. The largest absolute Gasteiger partial charge is 0.502 e. The molecule has 0 spiro atoms. The molecule has 3 aromatic rings. The van der Waals surface area contributed by atoms with Crippen LogP contribution in [0.5, 0.6) is 11.5 Å². The molecule has 0 aliphatic rings. The molecule has 0 fully saturated rings. The van der Waals surface area contributed by atoms with E-state index in [4.69, 9.17) is 9.15 Å². The Kier molecular flexibility index (Phi) is 3.10. The average Bonchev–Trinajstić information content (AvgIpc) is 2.52. The number of hydrogen-bond acceptors (Lipinski definition) is 4. The summed E-state index contributed by atoms with van der Waals surface area (Å²) in [5.41, 5.74) is -0.360. The van der Waals surface area contributed by atoms with Gasteiger partial charge in [0.05, 0.1) is 18.1 Å². The third-order valence-corrected chi connectivity index (χ3v) is 3.19. The summed E-state index contributed by atoms with van der Waals surface area (Å²) in [6.45, 7) is 0. The Hall–Kier alpha value is -2.82. The molecule has 1 N–H and O–H groups in total. The van der Waals surface area contributed by atoms with Crippen LogP contribution in [0.4, 0.5) is 4.39 Å².